The third kappa shape index (κ3) is 10.5. The van der Waals surface area contributed by atoms with Gasteiger partial charge in [-0.15, -0.1) is 70.6 Å². The maximum absolute atomic E-state index is 11.4. The smallest absolute Gasteiger partial charge is 0.211 e. The molecule has 0 bridgehead atoms. The van der Waals surface area contributed by atoms with Gasteiger partial charge in [0.15, 0.2) is 0 Å². The summed E-state index contributed by atoms with van der Waals surface area (Å²) in [6.45, 7) is 11.6. The molecule has 0 saturated heterocycles. The maximum Gasteiger partial charge on any atom is 0.211 e. The molecule has 0 fully saturated rings. The lowest BCUT2D eigenvalue weighted by Crippen LogP contribution is -2.15. The summed E-state index contributed by atoms with van der Waals surface area (Å²) >= 11 is 14.2. The minimum absolute atomic E-state index is 0.0399. The van der Waals surface area contributed by atoms with Gasteiger partial charge in [-0.1, -0.05) is 36.7 Å². The number of rotatable bonds is 12. The Balaban J connectivity index is 1.61. The average Bonchev–Trinajstić information content (AvgIpc) is 3.36. The van der Waals surface area contributed by atoms with Crippen molar-refractivity contribution < 1.29 is 9.59 Å². The Labute approximate surface area is 208 Å². The molecule has 2 heterocycles. The Hall–Kier alpha value is 1.10. The molecule has 0 aromatic rings. The minimum atomic E-state index is 0.0399. The molecule has 10 heteroatoms. The lowest BCUT2D eigenvalue weighted by molar-refractivity contribution is -0.107. The molecule has 2 rings (SSSR count). The van der Waals surface area contributed by atoms with E-state index in [1.54, 1.807) is 0 Å². The van der Waals surface area contributed by atoms with Crippen LogP contribution in [-0.2, 0) is 9.59 Å². The van der Waals surface area contributed by atoms with Crippen LogP contribution in [0.5, 0.6) is 0 Å². The van der Waals surface area contributed by atoms with Gasteiger partial charge in [-0.2, -0.15) is 0 Å². The van der Waals surface area contributed by atoms with Crippen molar-refractivity contribution in [2.75, 3.05) is 23.0 Å². The molecule has 0 aromatic heterocycles. The van der Waals surface area contributed by atoms with Gasteiger partial charge in [-0.3, -0.25) is 9.59 Å². The van der Waals surface area contributed by atoms with Crippen molar-refractivity contribution in [2.24, 2.45) is 0 Å². The van der Waals surface area contributed by atoms with Gasteiger partial charge in [0.05, 0.1) is 13.2 Å². The van der Waals surface area contributed by atoms with Gasteiger partial charge < -0.3 is 0 Å². The van der Waals surface area contributed by atoms with Crippen molar-refractivity contribution in [1.82, 2.24) is 0 Å². The van der Waals surface area contributed by atoms with Gasteiger partial charge in [0.1, 0.15) is 0 Å². The summed E-state index contributed by atoms with van der Waals surface area (Å²) < 4.78 is 1.21. The summed E-state index contributed by atoms with van der Waals surface area (Å²) in [7, 11) is 0. The van der Waals surface area contributed by atoms with E-state index >= 15 is 0 Å². The van der Waals surface area contributed by atoms with Crippen LogP contribution in [0.15, 0.2) is 45.9 Å². The second kappa shape index (κ2) is 13.6. The van der Waals surface area contributed by atoms with E-state index in [0.717, 1.165) is 23.0 Å². The fourth-order valence-electron chi connectivity index (χ4n) is 2.02. The van der Waals surface area contributed by atoms with Crippen LogP contribution in [0.3, 0.4) is 0 Å². The zero-order valence-corrected chi connectivity index (χ0v) is 22.8. The van der Waals surface area contributed by atoms with Crippen LogP contribution in [0.1, 0.15) is 13.8 Å². The fraction of sp³-hybridized carbons (Fsp3) is 0.474. The number of thioether (sulfide) groups is 8. The Bertz CT molecular complexity index is 630. The van der Waals surface area contributed by atoms with E-state index < -0.39 is 0 Å². The SMILES string of the molecule is C=CC(=O)SCC1=CSC(CSC(C)(C)SCC2SC=C(CSC(=O)C=C)S2)S1. The largest absolute Gasteiger partial charge is 0.282 e. The van der Waals surface area contributed by atoms with Gasteiger partial charge in [-0.05, 0) is 36.8 Å². The summed E-state index contributed by atoms with van der Waals surface area (Å²) in [5, 5.41) is 4.48. The molecule has 2 nitrogen and oxygen atoms in total. The van der Waals surface area contributed by atoms with Gasteiger partial charge in [0.25, 0.3) is 0 Å². The van der Waals surface area contributed by atoms with E-state index in [0.29, 0.717) is 9.16 Å². The van der Waals surface area contributed by atoms with Gasteiger partial charge >= 0.3 is 0 Å². The number of carbonyl (C=O) groups is 2. The quantitative estimate of drug-likeness (QED) is 0.185. The highest BCUT2D eigenvalue weighted by molar-refractivity contribution is 8.27. The molecule has 29 heavy (non-hydrogen) atoms. The topological polar surface area (TPSA) is 34.1 Å². The zero-order valence-electron chi connectivity index (χ0n) is 16.3. The van der Waals surface area contributed by atoms with E-state index in [4.69, 9.17) is 0 Å². The Kier molecular flexibility index (Phi) is 12.4. The van der Waals surface area contributed by atoms with Crippen LogP contribution < -0.4 is 0 Å². The number of carbonyl (C=O) groups excluding carboxylic acids is 2. The molecular weight excluding hydrogens is 517 g/mol. The molecule has 0 N–H and O–H groups in total. The molecule has 2 aliphatic heterocycles. The molecule has 2 aliphatic rings. The Morgan fingerprint density at radius 2 is 1.34 bits per heavy atom. The van der Waals surface area contributed by atoms with Crippen molar-refractivity contribution in [1.29, 1.82) is 0 Å². The van der Waals surface area contributed by atoms with Crippen LogP contribution in [0.25, 0.3) is 0 Å². The Morgan fingerprint density at radius 1 is 0.931 bits per heavy atom. The second-order valence-electron chi connectivity index (χ2n) is 6.18. The van der Waals surface area contributed by atoms with Crippen molar-refractivity contribution in [2.45, 2.75) is 27.1 Å². The molecule has 0 radical (unpaired) electrons. The predicted molar refractivity (Wildman–Crippen MR) is 148 cm³/mol. The van der Waals surface area contributed by atoms with Crippen LogP contribution in [-0.4, -0.2) is 46.5 Å². The normalized spacial score (nSPS) is 21.6. The van der Waals surface area contributed by atoms with E-state index in [1.165, 1.54) is 45.5 Å². The highest BCUT2D eigenvalue weighted by Crippen LogP contribution is 2.48. The van der Waals surface area contributed by atoms with Crippen molar-refractivity contribution in [3.63, 3.8) is 0 Å². The first-order valence-corrected chi connectivity index (χ1v) is 16.3. The number of hydrogen-bond donors (Lipinski definition) is 0. The summed E-state index contributed by atoms with van der Waals surface area (Å²) in [5.41, 5.74) is 0. The molecule has 0 aliphatic carbocycles. The van der Waals surface area contributed by atoms with Crippen LogP contribution in [0, 0.1) is 0 Å². The molecule has 160 valence electrons. The molecule has 0 aromatic carbocycles. The average molecular weight is 541 g/mol. The lowest BCUT2D eigenvalue weighted by Gasteiger charge is -2.26. The molecule has 0 amide bonds. The first-order valence-electron chi connectivity index (χ1n) is 8.70. The first-order chi connectivity index (χ1) is 13.8. The van der Waals surface area contributed by atoms with Crippen molar-refractivity contribution in [3.8, 4) is 0 Å². The molecule has 0 saturated carbocycles. The van der Waals surface area contributed by atoms with Gasteiger partial charge in [-0.25, -0.2) is 0 Å². The summed E-state index contributed by atoms with van der Waals surface area (Å²) in [6.07, 6.45) is 2.76. The standard InChI is InChI=1S/C19H24O2S8/c1-5-15(20)22-7-13-9-24-17(28-13)11-26-19(3,4)27-12-18-25-10-14(29-18)8-23-16(21)6-2/h5-6,9-10,17-18H,1-2,7-8,11-12H2,3-4H3. The van der Waals surface area contributed by atoms with E-state index in [1.807, 2.05) is 70.6 Å². The lowest BCUT2D eigenvalue weighted by atomic mass is 10.5. The first kappa shape index (κ1) is 26.4. The van der Waals surface area contributed by atoms with E-state index in [2.05, 4.69) is 37.8 Å². The summed E-state index contributed by atoms with van der Waals surface area (Å²) in [5.74, 6) is 3.68. The highest BCUT2D eigenvalue weighted by atomic mass is 32.2. The Morgan fingerprint density at radius 3 is 1.72 bits per heavy atom. The molecule has 2 atom stereocenters. The molecule has 2 unspecified atom stereocenters. The van der Waals surface area contributed by atoms with E-state index in [9.17, 15) is 9.59 Å². The van der Waals surface area contributed by atoms with Crippen molar-refractivity contribution >= 4 is 104 Å². The fourth-order valence-corrected chi connectivity index (χ4v) is 11.6. The molecule has 0 spiro atoms. The maximum atomic E-state index is 11.4. The van der Waals surface area contributed by atoms with Crippen molar-refractivity contribution in [3.05, 3.63) is 45.9 Å². The highest BCUT2D eigenvalue weighted by Gasteiger charge is 2.27. The monoisotopic (exact) mass is 540 g/mol. The van der Waals surface area contributed by atoms with Crippen LogP contribution >= 0.6 is 94.1 Å². The summed E-state index contributed by atoms with van der Waals surface area (Å²) in [4.78, 5) is 25.3. The van der Waals surface area contributed by atoms with E-state index in [-0.39, 0.29) is 14.3 Å². The van der Waals surface area contributed by atoms with Gasteiger partial charge in [0, 0.05) is 32.8 Å². The minimum Gasteiger partial charge on any atom is -0.282 e. The zero-order chi connectivity index (χ0) is 21.3. The third-order valence-corrected chi connectivity index (χ3v) is 14.9. The van der Waals surface area contributed by atoms with Crippen LogP contribution in [0.2, 0.25) is 0 Å². The third-order valence-electron chi connectivity index (χ3n) is 3.45. The second-order valence-corrected chi connectivity index (χ2v) is 17.1. The summed E-state index contributed by atoms with van der Waals surface area (Å²) in [6, 6.07) is 0. The van der Waals surface area contributed by atoms with Crippen LogP contribution in [0.4, 0.5) is 0 Å². The number of hydrogen-bond acceptors (Lipinski definition) is 10. The molecular formula is C19H24O2S8. The predicted octanol–water partition coefficient (Wildman–Crippen LogP) is 7.38. The van der Waals surface area contributed by atoms with Gasteiger partial charge in [0.2, 0.25) is 10.2 Å².